The first-order chi connectivity index (χ1) is 22.2. The van der Waals surface area contributed by atoms with Crippen molar-refractivity contribution in [2.24, 2.45) is 0 Å². The zero-order valence-corrected chi connectivity index (χ0v) is 26.5. The second-order valence-electron chi connectivity index (χ2n) is 12.5. The fraction of sp³-hybridized carbons (Fsp3) is 0.394. The smallest absolute Gasteiger partial charge is 0.386 e. The Labute approximate surface area is 272 Å². The highest BCUT2D eigenvalue weighted by atomic mass is 32.1. The highest BCUT2D eigenvalue weighted by Gasteiger charge is 2.33. The first-order valence-corrected chi connectivity index (χ1v) is 16.1. The molecule has 1 unspecified atom stereocenters. The molecule has 0 bridgehead atoms. The average Bonchev–Trinajstić information content (AvgIpc) is 3.43. The first-order valence-electron chi connectivity index (χ1n) is 15.3. The second kappa shape index (κ2) is 12.7. The molecule has 1 atom stereocenters. The molecule has 2 aliphatic rings. The summed E-state index contributed by atoms with van der Waals surface area (Å²) in [5.41, 5.74) is 0.717. The fourth-order valence-electron chi connectivity index (χ4n) is 6.02. The van der Waals surface area contributed by atoms with E-state index in [2.05, 4.69) is 25.5 Å². The van der Waals surface area contributed by atoms with Crippen LogP contribution in [0.15, 0.2) is 48.8 Å². The number of anilines is 1. The first kappa shape index (κ1) is 32.7. The van der Waals surface area contributed by atoms with Gasteiger partial charge in [-0.15, -0.1) is 11.3 Å². The van der Waals surface area contributed by atoms with Gasteiger partial charge in [-0.1, -0.05) is 0 Å². The molecule has 0 saturated carbocycles. The molecular weight excluding hydrogens is 633 g/mol. The zero-order chi connectivity index (χ0) is 33.5. The van der Waals surface area contributed by atoms with E-state index in [0.29, 0.717) is 41.8 Å². The SMILES string of the molecule is CC(C)(O)c1cc2nc(C3CCN(Cc4ccnc(C5CCC(=O)NC5=O)c4)CC3)sc2cc1NC(=O)c1ccc(C(F)(F)F)nc1. The molecule has 0 aliphatic carbocycles. The van der Waals surface area contributed by atoms with Crippen molar-refractivity contribution in [2.45, 2.75) is 69.7 Å². The Hall–Kier alpha value is -4.27. The van der Waals surface area contributed by atoms with Crippen LogP contribution in [0.3, 0.4) is 0 Å². The summed E-state index contributed by atoms with van der Waals surface area (Å²) in [4.78, 5) is 51.8. The van der Waals surface area contributed by atoms with E-state index in [4.69, 9.17) is 4.98 Å². The number of hydrogen-bond donors (Lipinski definition) is 3. The topological polar surface area (TPSA) is 137 Å². The number of carbonyl (C=O) groups is 3. The molecule has 3 N–H and O–H groups in total. The molecule has 4 aromatic rings. The van der Waals surface area contributed by atoms with Gasteiger partial charge in [0.1, 0.15) is 5.69 Å². The average molecular weight is 667 g/mol. The number of nitrogens with zero attached hydrogens (tertiary/aromatic N) is 4. The minimum atomic E-state index is -4.61. The summed E-state index contributed by atoms with van der Waals surface area (Å²) < 4.78 is 39.6. The van der Waals surface area contributed by atoms with E-state index in [1.54, 1.807) is 32.2 Å². The van der Waals surface area contributed by atoms with Crippen LogP contribution in [0.2, 0.25) is 0 Å². The fourth-order valence-corrected chi connectivity index (χ4v) is 7.18. The quantitative estimate of drug-likeness (QED) is 0.221. The number of imide groups is 1. The van der Waals surface area contributed by atoms with Gasteiger partial charge in [0.25, 0.3) is 5.91 Å². The maximum Gasteiger partial charge on any atom is 0.433 e. The molecule has 2 saturated heterocycles. The van der Waals surface area contributed by atoms with Gasteiger partial charge in [0, 0.05) is 42.5 Å². The standard InChI is InChI=1S/C33H33F3N6O4S/c1-32(2,46)22-14-25-26(15-24(22)39-29(44)20-3-5-27(38-16-20)33(34,35)36)47-31(40-25)19-8-11-42(12-9-19)17-18-7-10-37-23(13-18)21-4-6-28(43)41-30(21)45/h3,5,7,10,13-16,19,21,46H,4,6,8-9,11-12,17H2,1-2H3,(H,39,44)(H,41,43,45). The van der Waals surface area contributed by atoms with Gasteiger partial charge >= 0.3 is 6.18 Å². The lowest BCUT2D eigenvalue weighted by Crippen LogP contribution is -2.39. The monoisotopic (exact) mass is 666 g/mol. The van der Waals surface area contributed by atoms with Gasteiger partial charge in [0.05, 0.1) is 38.0 Å². The lowest BCUT2D eigenvalue weighted by Gasteiger charge is -2.31. The Morgan fingerprint density at radius 3 is 2.51 bits per heavy atom. The zero-order valence-electron chi connectivity index (χ0n) is 25.7. The number of hydrogen-bond acceptors (Lipinski definition) is 9. The van der Waals surface area contributed by atoms with Gasteiger partial charge < -0.3 is 10.4 Å². The second-order valence-corrected chi connectivity index (χ2v) is 13.6. The molecule has 2 fully saturated rings. The molecule has 1 aromatic carbocycles. The molecule has 6 rings (SSSR count). The number of benzene rings is 1. The van der Waals surface area contributed by atoms with Crippen molar-refractivity contribution < 1.29 is 32.7 Å². The number of nitrogens with one attached hydrogen (secondary N) is 2. The molecule has 246 valence electrons. The molecule has 3 amide bonds. The van der Waals surface area contributed by atoms with Gasteiger partial charge in [-0.3, -0.25) is 34.6 Å². The Morgan fingerprint density at radius 1 is 1.09 bits per heavy atom. The van der Waals surface area contributed by atoms with E-state index in [1.807, 2.05) is 12.1 Å². The van der Waals surface area contributed by atoms with E-state index in [9.17, 15) is 32.7 Å². The maximum atomic E-state index is 13.0. The predicted octanol–water partition coefficient (Wildman–Crippen LogP) is 5.48. The molecule has 3 aromatic heterocycles. The lowest BCUT2D eigenvalue weighted by molar-refractivity contribution is -0.141. The lowest BCUT2D eigenvalue weighted by atomic mass is 9.93. The third-order valence-corrected chi connectivity index (χ3v) is 9.73. The number of alkyl halides is 3. The van der Waals surface area contributed by atoms with Gasteiger partial charge in [0.15, 0.2) is 0 Å². The minimum Gasteiger partial charge on any atom is -0.386 e. The van der Waals surface area contributed by atoms with E-state index < -0.39 is 29.3 Å². The summed E-state index contributed by atoms with van der Waals surface area (Å²) in [6.07, 6.45) is 0.498. The highest BCUT2D eigenvalue weighted by molar-refractivity contribution is 7.18. The largest absolute Gasteiger partial charge is 0.433 e. The molecular formula is C33H33F3N6O4S. The van der Waals surface area contributed by atoms with Crippen LogP contribution in [0.5, 0.6) is 0 Å². The van der Waals surface area contributed by atoms with Crippen molar-refractivity contribution in [1.29, 1.82) is 0 Å². The van der Waals surface area contributed by atoms with Crippen molar-refractivity contribution in [1.82, 2.24) is 25.2 Å². The normalized spacial score (nSPS) is 18.4. The number of aliphatic hydroxyl groups is 1. The number of rotatable bonds is 7. The number of pyridine rings is 2. The minimum absolute atomic E-state index is 0.0458. The molecule has 5 heterocycles. The Kier molecular flexibility index (Phi) is 8.85. The van der Waals surface area contributed by atoms with E-state index >= 15 is 0 Å². The summed E-state index contributed by atoms with van der Waals surface area (Å²) >= 11 is 1.52. The predicted molar refractivity (Wildman–Crippen MR) is 169 cm³/mol. The Bertz CT molecular complexity index is 1830. The number of fused-ring (bicyclic) bond motifs is 1. The van der Waals surface area contributed by atoms with Crippen LogP contribution in [-0.4, -0.2) is 55.8 Å². The Balaban J connectivity index is 1.13. The molecule has 14 heteroatoms. The number of carbonyl (C=O) groups excluding carboxylic acids is 3. The van der Waals surface area contributed by atoms with Crippen LogP contribution < -0.4 is 10.6 Å². The van der Waals surface area contributed by atoms with Crippen molar-refractivity contribution >= 4 is 45.0 Å². The van der Waals surface area contributed by atoms with Crippen molar-refractivity contribution in [2.75, 3.05) is 18.4 Å². The van der Waals surface area contributed by atoms with Gasteiger partial charge in [-0.2, -0.15) is 13.2 Å². The van der Waals surface area contributed by atoms with Gasteiger partial charge in [-0.05, 0) is 88.2 Å². The number of amides is 3. The van der Waals surface area contributed by atoms with Crippen LogP contribution >= 0.6 is 11.3 Å². The Morgan fingerprint density at radius 2 is 1.85 bits per heavy atom. The summed E-state index contributed by atoms with van der Waals surface area (Å²) in [5, 5.41) is 17.0. The molecule has 0 spiro atoms. The van der Waals surface area contributed by atoms with Crippen molar-refractivity contribution in [3.63, 3.8) is 0 Å². The van der Waals surface area contributed by atoms with E-state index in [-0.39, 0.29) is 23.3 Å². The van der Waals surface area contributed by atoms with Crippen LogP contribution in [0, 0.1) is 0 Å². The number of aromatic nitrogens is 3. The van der Waals surface area contributed by atoms with Crippen molar-refractivity contribution in [3.8, 4) is 0 Å². The molecule has 2 aliphatic heterocycles. The summed E-state index contributed by atoms with van der Waals surface area (Å²) in [6, 6.07) is 9.21. The third-order valence-electron chi connectivity index (χ3n) is 8.55. The van der Waals surface area contributed by atoms with E-state index in [0.717, 1.165) is 59.5 Å². The molecule has 47 heavy (non-hydrogen) atoms. The summed E-state index contributed by atoms with van der Waals surface area (Å²) in [5.74, 6) is -1.40. The summed E-state index contributed by atoms with van der Waals surface area (Å²) in [7, 11) is 0. The highest BCUT2D eigenvalue weighted by Crippen LogP contribution is 2.39. The van der Waals surface area contributed by atoms with Crippen LogP contribution in [-0.2, 0) is 27.9 Å². The van der Waals surface area contributed by atoms with Crippen LogP contribution in [0.1, 0.15) is 89.2 Å². The number of halogens is 3. The van der Waals surface area contributed by atoms with Gasteiger partial charge in [0.2, 0.25) is 11.8 Å². The van der Waals surface area contributed by atoms with Crippen LogP contribution in [0.25, 0.3) is 10.2 Å². The maximum absolute atomic E-state index is 13.0. The third kappa shape index (κ3) is 7.34. The molecule has 10 nitrogen and oxygen atoms in total. The van der Waals surface area contributed by atoms with Crippen molar-refractivity contribution in [3.05, 3.63) is 81.9 Å². The van der Waals surface area contributed by atoms with Gasteiger partial charge in [-0.25, -0.2) is 4.98 Å². The molecule has 0 radical (unpaired) electrons. The van der Waals surface area contributed by atoms with Crippen LogP contribution in [0.4, 0.5) is 18.9 Å². The van der Waals surface area contributed by atoms with E-state index in [1.165, 1.54) is 11.3 Å². The number of thiazole rings is 1. The number of likely N-dealkylation sites (tertiary alicyclic amines) is 1. The summed E-state index contributed by atoms with van der Waals surface area (Å²) in [6.45, 7) is 5.57. The number of piperidine rings is 2.